The average Bonchev–Trinajstić information content (AvgIpc) is 3.07. The maximum Gasteiger partial charge on any atom is 0.303 e. The SMILES string of the molecule is CC(=O)CCc1cc(NC2CCC(F)(F)CC2)nc(-n2cc(C)c(COC(C)=O)n2)c1. The second-order valence-corrected chi connectivity index (χ2v) is 8.18. The summed E-state index contributed by atoms with van der Waals surface area (Å²) in [7, 11) is 0. The normalized spacial score (nSPS) is 16.2. The summed E-state index contributed by atoms with van der Waals surface area (Å²) in [6, 6.07) is 3.63. The molecule has 1 aliphatic carbocycles. The second kappa shape index (κ2) is 9.53. The standard InChI is InChI=1S/C22H28F2N4O3/c1-14-12-28(27-19(14)13-31-16(3)30)21-11-17(5-4-15(2)29)10-20(26-21)25-18-6-8-22(23,24)9-7-18/h10-12,18H,4-9,13H2,1-3H3,(H,25,26). The third-order valence-electron chi connectivity index (χ3n) is 5.35. The number of aromatic nitrogens is 3. The summed E-state index contributed by atoms with van der Waals surface area (Å²) in [6.45, 7) is 4.82. The highest BCUT2D eigenvalue weighted by atomic mass is 19.3. The highest BCUT2D eigenvalue weighted by Crippen LogP contribution is 2.34. The number of rotatable bonds is 8. The van der Waals surface area contributed by atoms with Crippen molar-refractivity contribution in [2.45, 2.75) is 77.9 Å². The highest BCUT2D eigenvalue weighted by molar-refractivity contribution is 5.75. The van der Waals surface area contributed by atoms with Crippen LogP contribution in [0, 0.1) is 6.92 Å². The summed E-state index contributed by atoms with van der Waals surface area (Å²) < 4.78 is 33.6. The molecule has 0 saturated heterocycles. The number of anilines is 1. The summed E-state index contributed by atoms with van der Waals surface area (Å²) in [6.07, 6.45) is 3.20. The van der Waals surface area contributed by atoms with E-state index in [4.69, 9.17) is 4.74 Å². The number of Topliss-reactive ketones (excluding diaryl/α,β-unsaturated/α-hetero) is 1. The van der Waals surface area contributed by atoms with Crippen LogP contribution in [0.15, 0.2) is 18.3 Å². The number of nitrogens with zero attached hydrogens (tertiary/aromatic N) is 3. The third kappa shape index (κ3) is 6.57. The van der Waals surface area contributed by atoms with Crippen LogP contribution in [0.1, 0.15) is 62.8 Å². The number of hydrogen-bond donors (Lipinski definition) is 1. The Morgan fingerprint density at radius 1 is 1.26 bits per heavy atom. The quantitative estimate of drug-likeness (QED) is 0.628. The number of ether oxygens (including phenoxy) is 1. The summed E-state index contributed by atoms with van der Waals surface area (Å²) >= 11 is 0. The van der Waals surface area contributed by atoms with E-state index in [1.165, 1.54) is 6.92 Å². The van der Waals surface area contributed by atoms with E-state index < -0.39 is 5.92 Å². The molecule has 1 saturated carbocycles. The molecule has 0 spiro atoms. The first kappa shape index (κ1) is 22.8. The predicted molar refractivity (Wildman–Crippen MR) is 111 cm³/mol. The van der Waals surface area contributed by atoms with Gasteiger partial charge in [-0.15, -0.1) is 0 Å². The van der Waals surface area contributed by atoms with Crippen molar-refractivity contribution in [2.75, 3.05) is 5.32 Å². The van der Waals surface area contributed by atoms with Crippen molar-refractivity contribution in [2.24, 2.45) is 0 Å². The van der Waals surface area contributed by atoms with Crippen LogP contribution in [0.4, 0.5) is 14.6 Å². The summed E-state index contributed by atoms with van der Waals surface area (Å²) in [5, 5.41) is 7.76. The second-order valence-electron chi connectivity index (χ2n) is 8.18. The minimum atomic E-state index is -2.59. The molecule has 0 atom stereocenters. The van der Waals surface area contributed by atoms with Crippen LogP contribution in [-0.4, -0.2) is 38.5 Å². The zero-order valence-corrected chi connectivity index (χ0v) is 18.1. The maximum atomic E-state index is 13.5. The van der Waals surface area contributed by atoms with Crippen LogP contribution < -0.4 is 5.32 Å². The minimum absolute atomic E-state index is 0.0690. The number of aryl methyl sites for hydroxylation is 2. The van der Waals surface area contributed by atoms with E-state index in [1.54, 1.807) is 17.8 Å². The number of hydrogen-bond acceptors (Lipinski definition) is 6. The van der Waals surface area contributed by atoms with E-state index in [9.17, 15) is 18.4 Å². The Kier molecular flexibility index (Phi) is 7.02. The Hall–Kier alpha value is -2.84. The molecule has 9 heteroatoms. The van der Waals surface area contributed by atoms with Gasteiger partial charge in [0, 0.05) is 38.4 Å². The van der Waals surface area contributed by atoms with Crippen molar-refractivity contribution in [1.82, 2.24) is 14.8 Å². The van der Waals surface area contributed by atoms with Crippen molar-refractivity contribution in [3.63, 3.8) is 0 Å². The Bertz CT molecular complexity index is 948. The van der Waals surface area contributed by atoms with E-state index in [0.29, 0.717) is 43.0 Å². The van der Waals surface area contributed by atoms with Crippen LogP contribution in [0.2, 0.25) is 0 Å². The first-order valence-corrected chi connectivity index (χ1v) is 10.4. The number of alkyl halides is 2. The molecule has 0 aromatic carbocycles. The van der Waals surface area contributed by atoms with Crippen LogP contribution >= 0.6 is 0 Å². The Labute approximate surface area is 180 Å². The van der Waals surface area contributed by atoms with E-state index in [-0.39, 0.29) is 37.2 Å². The molecule has 2 aromatic rings. The van der Waals surface area contributed by atoms with E-state index in [1.807, 2.05) is 19.1 Å². The van der Waals surface area contributed by atoms with E-state index in [0.717, 1.165) is 11.1 Å². The first-order chi connectivity index (χ1) is 14.6. The van der Waals surface area contributed by atoms with Gasteiger partial charge in [-0.25, -0.2) is 18.4 Å². The van der Waals surface area contributed by atoms with Gasteiger partial charge in [0.05, 0.1) is 0 Å². The summed E-state index contributed by atoms with van der Waals surface area (Å²) in [5.41, 5.74) is 2.37. The van der Waals surface area contributed by atoms with Crippen molar-refractivity contribution >= 4 is 17.6 Å². The molecule has 3 rings (SSSR count). The van der Waals surface area contributed by atoms with Gasteiger partial charge in [-0.05, 0) is 56.4 Å². The van der Waals surface area contributed by atoms with Crippen LogP contribution in [0.3, 0.4) is 0 Å². The van der Waals surface area contributed by atoms with Gasteiger partial charge in [-0.2, -0.15) is 5.10 Å². The lowest BCUT2D eigenvalue weighted by Gasteiger charge is -2.29. The number of pyridine rings is 1. The molecule has 0 unspecified atom stereocenters. The number of esters is 1. The molecule has 0 radical (unpaired) electrons. The van der Waals surface area contributed by atoms with Crippen molar-refractivity contribution in [3.05, 3.63) is 35.2 Å². The molecule has 0 aliphatic heterocycles. The molecule has 2 heterocycles. The Morgan fingerprint density at radius 3 is 2.61 bits per heavy atom. The van der Waals surface area contributed by atoms with Gasteiger partial charge in [0.15, 0.2) is 5.82 Å². The number of halogens is 2. The molecule has 0 bridgehead atoms. The smallest absolute Gasteiger partial charge is 0.303 e. The molecular weight excluding hydrogens is 406 g/mol. The molecule has 31 heavy (non-hydrogen) atoms. The van der Waals surface area contributed by atoms with Crippen LogP contribution in [-0.2, 0) is 27.4 Å². The summed E-state index contributed by atoms with van der Waals surface area (Å²) in [5.74, 6) is -1.78. The molecule has 168 valence electrons. The van der Waals surface area contributed by atoms with Gasteiger partial charge < -0.3 is 14.8 Å². The van der Waals surface area contributed by atoms with Crippen LogP contribution in [0.25, 0.3) is 5.82 Å². The van der Waals surface area contributed by atoms with Gasteiger partial charge in [0.25, 0.3) is 0 Å². The van der Waals surface area contributed by atoms with E-state index >= 15 is 0 Å². The fraction of sp³-hybridized carbons (Fsp3) is 0.545. The largest absolute Gasteiger partial charge is 0.459 e. The predicted octanol–water partition coefficient (Wildman–Crippen LogP) is 4.15. The number of nitrogens with one attached hydrogen (secondary N) is 1. The molecular formula is C22H28F2N4O3. The molecule has 0 amide bonds. The molecule has 1 N–H and O–H groups in total. The number of ketones is 1. The lowest BCUT2D eigenvalue weighted by atomic mass is 9.92. The Morgan fingerprint density at radius 2 is 1.97 bits per heavy atom. The average molecular weight is 434 g/mol. The van der Waals surface area contributed by atoms with Gasteiger partial charge in [0.1, 0.15) is 23.9 Å². The first-order valence-electron chi connectivity index (χ1n) is 10.4. The van der Waals surface area contributed by atoms with Crippen molar-refractivity contribution in [3.8, 4) is 5.82 Å². The summed E-state index contributed by atoms with van der Waals surface area (Å²) in [4.78, 5) is 27.2. The van der Waals surface area contributed by atoms with E-state index in [2.05, 4.69) is 15.4 Å². The van der Waals surface area contributed by atoms with Gasteiger partial charge in [0.2, 0.25) is 5.92 Å². The van der Waals surface area contributed by atoms with Gasteiger partial charge >= 0.3 is 5.97 Å². The van der Waals surface area contributed by atoms with Gasteiger partial charge in [-0.3, -0.25) is 4.79 Å². The lowest BCUT2D eigenvalue weighted by Crippen LogP contribution is -2.32. The minimum Gasteiger partial charge on any atom is -0.459 e. The number of carbonyl (C=O) groups is 2. The van der Waals surface area contributed by atoms with Crippen LogP contribution in [0.5, 0.6) is 0 Å². The fourth-order valence-electron chi connectivity index (χ4n) is 3.55. The topological polar surface area (TPSA) is 86.1 Å². The Balaban J connectivity index is 1.84. The van der Waals surface area contributed by atoms with Crippen molar-refractivity contribution < 1.29 is 23.1 Å². The number of carbonyl (C=O) groups excluding carboxylic acids is 2. The van der Waals surface area contributed by atoms with Gasteiger partial charge in [-0.1, -0.05) is 0 Å². The fourth-order valence-corrected chi connectivity index (χ4v) is 3.55. The molecule has 1 fully saturated rings. The highest BCUT2D eigenvalue weighted by Gasteiger charge is 2.35. The third-order valence-corrected chi connectivity index (χ3v) is 5.35. The molecule has 1 aliphatic rings. The lowest BCUT2D eigenvalue weighted by molar-refractivity contribution is -0.142. The maximum absolute atomic E-state index is 13.5. The zero-order chi connectivity index (χ0) is 22.6. The zero-order valence-electron chi connectivity index (χ0n) is 18.1. The molecule has 7 nitrogen and oxygen atoms in total. The molecule has 2 aromatic heterocycles. The monoisotopic (exact) mass is 434 g/mol. The van der Waals surface area contributed by atoms with Crippen molar-refractivity contribution in [1.29, 1.82) is 0 Å².